The first-order valence-electron chi connectivity index (χ1n) is 7.20. The van der Waals surface area contributed by atoms with Crippen molar-refractivity contribution in [3.63, 3.8) is 0 Å². The summed E-state index contributed by atoms with van der Waals surface area (Å²) in [6.45, 7) is 0.526. The molecule has 0 atom stereocenters. The van der Waals surface area contributed by atoms with Crippen LogP contribution in [0.15, 0.2) is 52.5 Å². The van der Waals surface area contributed by atoms with Crippen molar-refractivity contribution in [2.75, 3.05) is 6.79 Å². The molecule has 0 saturated carbocycles. The number of hydrogen-bond donors (Lipinski definition) is 1. The first kappa shape index (κ1) is 16.1. The zero-order valence-corrected chi connectivity index (χ0v) is 14.2. The number of fused-ring (bicyclic) bond motifs is 1. The average molecular weight is 385 g/mol. The molecule has 0 radical (unpaired) electrons. The number of benzene rings is 2. The molecule has 120 valence electrons. The third-order valence-electron chi connectivity index (χ3n) is 3.45. The predicted octanol–water partition coefficient (Wildman–Crippen LogP) is 3.40. The van der Waals surface area contributed by atoms with E-state index in [1.807, 2.05) is 36.4 Å². The Morgan fingerprint density at radius 2 is 1.96 bits per heavy atom. The maximum absolute atomic E-state index is 12.2. The zero-order chi connectivity index (χ0) is 16.9. The van der Waals surface area contributed by atoms with Gasteiger partial charge in [-0.25, -0.2) is 0 Å². The molecule has 1 aliphatic rings. The zero-order valence-electron chi connectivity index (χ0n) is 12.6. The third-order valence-corrected chi connectivity index (χ3v) is 4.14. The Kier molecular flexibility index (Phi) is 4.82. The van der Waals surface area contributed by atoms with E-state index in [-0.39, 0.29) is 12.4 Å². The van der Waals surface area contributed by atoms with Gasteiger partial charge in [0.2, 0.25) is 6.79 Å². The lowest BCUT2D eigenvalue weighted by atomic mass is 10.1. The lowest BCUT2D eigenvalue weighted by molar-refractivity contribution is -0.117. The van der Waals surface area contributed by atoms with Gasteiger partial charge in [-0.2, -0.15) is 5.26 Å². The van der Waals surface area contributed by atoms with Crippen LogP contribution in [-0.2, 0) is 11.3 Å². The number of halogens is 1. The number of nitrogens with zero attached hydrogens (tertiary/aromatic N) is 1. The number of rotatable bonds is 4. The Bertz CT molecular complexity index is 841. The molecule has 0 saturated heterocycles. The van der Waals surface area contributed by atoms with E-state index in [2.05, 4.69) is 21.2 Å². The molecular formula is C18H13BrN2O3. The molecule has 0 bridgehead atoms. The fourth-order valence-corrected chi connectivity index (χ4v) is 2.66. The Morgan fingerprint density at radius 1 is 1.25 bits per heavy atom. The van der Waals surface area contributed by atoms with Crippen molar-refractivity contribution in [3.8, 4) is 17.6 Å². The Morgan fingerprint density at radius 3 is 2.67 bits per heavy atom. The van der Waals surface area contributed by atoms with Gasteiger partial charge in [-0.3, -0.25) is 4.79 Å². The maximum Gasteiger partial charge on any atom is 0.262 e. The van der Waals surface area contributed by atoms with Crippen LogP contribution in [0.4, 0.5) is 0 Å². The van der Waals surface area contributed by atoms with Gasteiger partial charge < -0.3 is 14.8 Å². The molecule has 1 amide bonds. The molecule has 3 rings (SSSR count). The number of amides is 1. The third kappa shape index (κ3) is 3.58. The molecule has 1 heterocycles. The molecule has 1 N–H and O–H groups in total. The predicted molar refractivity (Wildman–Crippen MR) is 92.1 cm³/mol. The van der Waals surface area contributed by atoms with E-state index < -0.39 is 5.91 Å². The van der Waals surface area contributed by atoms with E-state index in [0.29, 0.717) is 23.6 Å². The first-order valence-corrected chi connectivity index (χ1v) is 8.00. The highest BCUT2D eigenvalue weighted by molar-refractivity contribution is 9.10. The van der Waals surface area contributed by atoms with Gasteiger partial charge in [0.25, 0.3) is 5.91 Å². The van der Waals surface area contributed by atoms with E-state index in [1.54, 1.807) is 12.1 Å². The maximum atomic E-state index is 12.2. The van der Waals surface area contributed by atoms with Crippen LogP contribution in [0.25, 0.3) is 6.08 Å². The molecule has 0 aromatic heterocycles. The SMILES string of the molecule is N#C/C(=C\c1cc2c(cc1Br)OCO2)C(=O)NCc1ccccc1. The summed E-state index contributed by atoms with van der Waals surface area (Å²) in [7, 11) is 0. The van der Waals surface area contributed by atoms with Crippen LogP contribution >= 0.6 is 15.9 Å². The summed E-state index contributed by atoms with van der Waals surface area (Å²) in [6, 6.07) is 14.9. The lowest BCUT2D eigenvalue weighted by Crippen LogP contribution is -2.23. The molecule has 24 heavy (non-hydrogen) atoms. The van der Waals surface area contributed by atoms with Crippen LogP contribution in [0.5, 0.6) is 11.5 Å². The Labute approximate surface area is 147 Å². The van der Waals surface area contributed by atoms with Crippen LogP contribution in [0.3, 0.4) is 0 Å². The van der Waals surface area contributed by atoms with Crippen molar-refractivity contribution in [1.29, 1.82) is 5.26 Å². The highest BCUT2D eigenvalue weighted by Crippen LogP contribution is 2.37. The largest absolute Gasteiger partial charge is 0.454 e. The number of nitriles is 1. The number of nitrogens with one attached hydrogen (secondary N) is 1. The smallest absolute Gasteiger partial charge is 0.262 e. The van der Waals surface area contributed by atoms with Gasteiger partial charge in [-0.05, 0) is 29.3 Å². The van der Waals surface area contributed by atoms with Gasteiger partial charge in [0.15, 0.2) is 11.5 Å². The highest BCUT2D eigenvalue weighted by Gasteiger charge is 2.17. The molecule has 0 fully saturated rings. The number of carbonyl (C=O) groups excluding carboxylic acids is 1. The minimum Gasteiger partial charge on any atom is -0.454 e. The topological polar surface area (TPSA) is 71.3 Å². The van der Waals surface area contributed by atoms with Crippen molar-refractivity contribution in [2.24, 2.45) is 0 Å². The van der Waals surface area contributed by atoms with Crippen molar-refractivity contribution in [2.45, 2.75) is 6.54 Å². The van der Waals surface area contributed by atoms with Gasteiger partial charge in [0, 0.05) is 11.0 Å². The molecule has 2 aromatic carbocycles. The second kappa shape index (κ2) is 7.20. The van der Waals surface area contributed by atoms with E-state index in [9.17, 15) is 10.1 Å². The van der Waals surface area contributed by atoms with E-state index in [4.69, 9.17) is 9.47 Å². The summed E-state index contributed by atoms with van der Waals surface area (Å²) in [6.07, 6.45) is 1.52. The summed E-state index contributed by atoms with van der Waals surface area (Å²) >= 11 is 3.41. The first-order chi connectivity index (χ1) is 11.7. The fourth-order valence-electron chi connectivity index (χ4n) is 2.22. The second-order valence-corrected chi connectivity index (χ2v) is 5.92. The number of hydrogen-bond acceptors (Lipinski definition) is 4. The van der Waals surface area contributed by atoms with Crippen molar-refractivity contribution >= 4 is 27.9 Å². The Balaban J connectivity index is 1.77. The molecule has 0 unspecified atom stereocenters. The van der Waals surface area contributed by atoms with E-state index in [0.717, 1.165) is 10.0 Å². The standard InChI is InChI=1S/C18H13BrN2O3/c19-15-8-17-16(23-11-24-17)7-13(15)6-14(9-20)18(22)21-10-12-4-2-1-3-5-12/h1-8H,10-11H2,(H,21,22)/b14-6+. The van der Waals surface area contributed by atoms with Crippen LogP contribution < -0.4 is 14.8 Å². The van der Waals surface area contributed by atoms with Crippen LogP contribution in [0.1, 0.15) is 11.1 Å². The number of ether oxygens (including phenoxy) is 2. The van der Waals surface area contributed by atoms with Gasteiger partial charge in [-0.1, -0.05) is 46.3 Å². The Hall–Kier alpha value is -2.78. The van der Waals surface area contributed by atoms with Crippen molar-refractivity contribution < 1.29 is 14.3 Å². The van der Waals surface area contributed by atoms with Gasteiger partial charge in [-0.15, -0.1) is 0 Å². The molecule has 1 aliphatic heterocycles. The molecule has 0 spiro atoms. The van der Waals surface area contributed by atoms with Crippen LogP contribution in [0, 0.1) is 11.3 Å². The minimum absolute atomic E-state index is 0.0190. The second-order valence-electron chi connectivity index (χ2n) is 5.07. The molecular weight excluding hydrogens is 372 g/mol. The van der Waals surface area contributed by atoms with Crippen molar-refractivity contribution in [1.82, 2.24) is 5.32 Å². The summed E-state index contributed by atoms with van der Waals surface area (Å²) < 4.78 is 11.3. The van der Waals surface area contributed by atoms with Gasteiger partial charge >= 0.3 is 0 Å². The molecule has 6 heteroatoms. The van der Waals surface area contributed by atoms with Crippen LogP contribution in [-0.4, -0.2) is 12.7 Å². The quantitative estimate of drug-likeness (QED) is 0.647. The minimum atomic E-state index is -0.425. The van der Waals surface area contributed by atoms with Crippen LogP contribution in [0.2, 0.25) is 0 Å². The van der Waals surface area contributed by atoms with E-state index >= 15 is 0 Å². The summed E-state index contributed by atoms with van der Waals surface area (Å²) in [5, 5.41) is 12.0. The van der Waals surface area contributed by atoms with Gasteiger partial charge in [0.1, 0.15) is 11.6 Å². The molecule has 5 nitrogen and oxygen atoms in total. The summed E-state index contributed by atoms with van der Waals surface area (Å²) in [5.74, 6) is 0.795. The molecule has 0 aliphatic carbocycles. The average Bonchev–Trinajstić information content (AvgIpc) is 3.05. The van der Waals surface area contributed by atoms with Gasteiger partial charge in [0.05, 0.1) is 0 Å². The summed E-state index contributed by atoms with van der Waals surface area (Å²) in [4.78, 5) is 12.2. The van der Waals surface area contributed by atoms with E-state index in [1.165, 1.54) is 6.08 Å². The fraction of sp³-hybridized carbons (Fsp3) is 0.111. The monoisotopic (exact) mass is 384 g/mol. The number of carbonyl (C=O) groups is 1. The summed E-state index contributed by atoms with van der Waals surface area (Å²) in [5.41, 5.74) is 1.66. The normalized spacial score (nSPS) is 12.6. The lowest BCUT2D eigenvalue weighted by Gasteiger charge is -2.06. The van der Waals surface area contributed by atoms with Crippen molar-refractivity contribution in [3.05, 3.63) is 63.6 Å². The molecule has 2 aromatic rings. The highest BCUT2D eigenvalue weighted by atomic mass is 79.9.